The predicted octanol–water partition coefficient (Wildman–Crippen LogP) is -1.000. The summed E-state index contributed by atoms with van der Waals surface area (Å²) in [6, 6.07) is 10.1. The van der Waals surface area contributed by atoms with E-state index in [0.29, 0.717) is 0 Å². The third-order valence-corrected chi connectivity index (χ3v) is 1.34. The van der Waals surface area contributed by atoms with Crippen molar-refractivity contribution in [2.75, 3.05) is 14.2 Å². The number of hydrogen-bond acceptors (Lipinski definition) is 2. The molecule has 0 aliphatic heterocycles. The minimum atomic E-state index is 0. The zero-order chi connectivity index (χ0) is 8.53. The van der Waals surface area contributed by atoms with Crippen LogP contribution in [-0.4, -0.2) is 14.2 Å². The molecule has 0 aromatic heterocycles. The summed E-state index contributed by atoms with van der Waals surface area (Å²) in [6.07, 6.45) is 0. The van der Waals surface area contributed by atoms with Crippen LogP contribution in [0.2, 0.25) is 0 Å². The van der Waals surface area contributed by atoms with Gasteiger partial charge in [-0.1, -0.05) is 35.9 Å². The molecule has 0 unspecified atom stereocenters. The molecule has 0 radical (unpaired) electrons. The summed E-state index contributed by atoms with van der Waals surface area (Å²) in [5, 5.41) is 0. The van der Waals surface area contributed by atoms with Gasteiger partial charge in [-0.05, 0) is 0 Å². The van der Waals surface area contributed by atoms with Crippen LogP contribution in [0.1, 0.15) is 5.56 Å². The molecule has 0 saturated carbocycles. The molecule has 62 valence electrons. The van der Waals surface area contributed by atoms with Crippen LogP contribution in [0, 0.1) is 0 Å². The first kappa shape index (κ1) is 14.6. The van der Waals surface area contributed by atoms with Gasteiger partial charge in [-0.2, -0.15) is 5.75 Å². The van der Waals surface area contributed by atoms with Gasteiger partial charge in [0.1, 0.15) is 0 Å². The molecule has 1 aromatic rings. The second-order valence-electron chi connectivity index (χ2n) is 2.04. The molecule has 1 aromatic carbocycles. The van der Waals surface area contributed by atoms with Crippen molar-refractivity contribution < 1.29 is 23.6 Å². The summed E-state index contributed by atoms with van der Waals surface area (Å²) in [7, 11) is 3.25. The summed E-state index contributed by atoms with van der Waals surface area (Å²) in [5.41, 5.74) is 1.22. The second-order valence-corrected chi connectivity index (χ2v) is 2.33. The van der Waals surface area contributed by atoms with Crippen molar-refractivity contribution >= 4 is 12.6 Å². The first-order valence-corrected chi connectivity index (χ1v) is 3.95. The predicted molar refractivity (Wildman–Crippen MR) is 50.4 cm³/mol. The van der Waals surface area contributed by atoms with Crippen LogP contribution in [0.4, 0.5) is 0 Å². The molecular formula is C9H13LiOS. The fourth-order valence-electron chi connectivity index (χ4n) is 0.574. The minimum Gasteiger partial charge on any atom is -0.788 e. The van der Waals surface area contributed by atoms with Crippen molar-refractivity contribution in [1.82, 2.24) is 0 Å². The molecule has 12 heavy (non-hydrogen) atoms. The van der Waals surface area contributed by atoms with Crippen molar-refractivity contribution in [3.8, 4) is 0 Å². The molecule has 0 fully saturated rings. The Hall–Kier alpha value is 0.127. The number of ether oxygens (including phenoxy) is 1. The summed E-state index contributed by atoms with van der Waals surface area (Å²) >= 11 is 4.82. The van der Waals surface area contributed by atoms with E-state index in [9.17, 15) is 0 Å². The van der Waals surface area contributed by atoms with E-state index in [1.807, 2.05) is 30.3 Å². The first-order valence-electron chi connectivity index (χ1n) is 3.37. The SMILES string of the molecule is COC.[Li+].[S-]Cc1ccccc1. The van der Waals surface area contributed by atoms with E-state index in [0.717, 1.165) is 5.75 Å². The van der Waals surface area contributed by atoms with Crippen LogP contribution in [0.3, 0.4) is 0 Å². The third-order valence-electron chi connectivity index (χ3n) is 1.01. The Morgan fingerprint density at radius 2 is 1.58 bits per heavy atom. The molecule has 0 aliphatic rings. The number of benzene rings is 1. The average molecular weight is 176 g/mol. The molecular weight excluding hydrogens is 163 g/mol. The Morgan fingerprint density at radius 3 is 1.83 bits per heavy atom. The van der Waals surface area contributed by atoms with Crippen LogP contribution >= 0.6 is 0 Å². The number of methoxy groups -OCH3 is 1. The monoisotopic (exact) mass is 176 g/mol. The van der Waals surface area contributed by atoms with E-state index in [2.05, 4.69) is 4.74 Å². The molecule has 0 heterocycles. The zero-order valence-electron chi connectivity index (χ0n) is 7.91. The minimum absolute atomic E-state index is 0. The van der Waals surface area contributed by atoms with Crippen LogP contribution in [0.15, 0.2) is 30.3 Å². The molecule has 0 atom stereocenters. The summed E-state index contributed by atoms with van der Waals surface area (Å²) in [6.45, 7) is 0. The molecule has 0 N–H and O–H groups in total. The molecule has 3 heteroatoms. The van der Waals surface area contributed by atoms with Crippen molar-refractivity contribution in [2.45, 2.75) is 5.75 Å². The smallest absolute Gasteiger partial charge is 0.788 e. The van der Waals surface area contributed by atoms with Gasteiger partial charge in [-0.25, -0.2) is 0 Å². The van der Waals surface area contributed by atoms with Gasteiger partial charge >= 0.3 is 18.9 Å². The van der Waals surface area contributed by atoms with Gasteiger partial charge < -0.3 is 17.4 Å². The van der Waals surface area contributed by atoms with Crippen molar-refractivity contribution in [2.24, 2.45) is 0 Å². The third kappa shape index (κ3) is 8.23. The Kier molecular flexibility index (Phi) is 13.6. The van der Waals surface area contributed by atoms with E-state index < -0.39 is 0 Å². The molecule has 0 amide bonds. The zero-order valence-corrected chi connectivity index (χ0v) is 8.73. The van der Waals surface area contributed by atoms with Crippen LogP contribution in [0.5, 0.6) is 0 Å². The van der Waals surface area contributed by atoms with E-state index in [4.69, 9.17) is 12.6 Å². The van der Waals surface area contributed by atoms with Gasteiger partial charge in [-0.3, -0.25) is 0 Å². The Labute approximate surface area is 92.1 Å². The quantitative estimate of drug-likeness (QED) is 0.401. The normalized spacial score (nSPS) is 7.58. The van der Waals surface area contributed by atoms with E-state index in [1.165, 1.54) is 5.56 Å². The van der Waals surface area contributed by atoms with E-state index >= 15 is 0 Å². The largest absolute Gasteiger partial charge is 1.00 e. The number of hydrogen-bond donors (Lipinski definition) is 0. The fourth-order valence-corrected chi connectivity index (χ4v) is 0.767. The van der Waals surface area contributed by atoms with Crippen LogP contribution in [0.25, 0.3) is 0 Å². The molecule has 0 spiro atoms. The topological polar surface area (TPSA) is 9.23 Å². The van der Waals surface area contributed by atoms with Crippen molar-refractivity contribution in [3.05, 3.63) is 35.9 Å². The Balaban J connectivity index is 0. The molecule has 0 aliphatic carbocycles. The van der Waals surface area contributed by atoms with Gasteiger partial charge in [0.15, 0.2) is 0 Å². The first-order chi connectivity index (χ1) is 5.35. The maximum atomic E-state index is 4.82. The molecule has 1 rings (SSSR count). The van der Waals surface area contributed by atoms with Gasteiger partial charge in [0.05, 0.1) is 0 Å². The summed E-state index contributed by atoms with van der Waals surface area (Å²) in [5.74, 6) is 0.723. The number of rotatable bonds is 1. The Bertz CT molecular complexity index is 167. The maximum Gasteiger partial charge on any atom is 1.00 e. The molecule has 0 saturated heterocycles. The molecule has 1 nitrogen and oxygen atoms in total. The van der Waals surface area contributed by atoms with Crippen LogP contribution in [-0.2, 0) is 23.1 Å². The van der Waals surface area contributed by atoms with E-state index in [-0.39, 0.29) is 18.9 Å². The van der Waals surface area contributed by atoms with Gasteiger partial charge in [-0.15, -0.1) is 0 Å². The fraction of sp³-hybridized carbons (Fsp3) is 0.333. The summed E-state index contributed by atoms with van der Waals surface area (Å²) < 4.78 is 4.25. The van der Waals surface area contributed by atoms with Gasteiger partial charge in [0.2, 0.25) is 0 Å². The van der Waals surface area contributed by atoms with Crippen LogP contribution < -0.4 is 18.9 Å². The van der Waals surface area contributed by atoms with Crippen molar-refractivity contribution in [3.63, 3.8) is 0 Å². The van der Waals surface area contributed by atoms with Gasteiger partial charge in [0.25, 0.3) is 0 Å². The molecule has 0 bridgehead atoms. The Morgan fingerprint density at radius 1 is 1.17 bits per heavy atom. The summed E-state index contributed by atoms with van der Waals surface area (Å²) in [4.78, 5) is 0. The van der Waals surface area contributed by atoms with E-state index in [1.54, 1.807) is 14.2 Å². The standard InChI is InChI=1S/C7H8S.C2H6O.Li/c8-6-7-4-2-1-3-5-7;1-3-2;/h1-5,8H,6H2;1-2H3;/q;;+1/p-1. The second kappa shape index (κ2) is 11.1. The van der Waals surface area contributed by atoms with Gasteiger partial charge in [0, 0.05) is 14.2 Å². The average Bonchev–Trinajstić information content (AvgIpc) is 2.08. The van der Waals surface area contributed by atoms with Crippen molar-refractivity contribution in [1.29, 1.82) is 0 Å². The maximum absolute atomic E-state index is 4.82.